The van der Waals surface area contributed by atoms with Gasteiger partial charge in [0.2, 0.25) is 15.9 Å². The predicted molar refractivity (Wildman–Crippen MR) is 128 cm³/mol. The standard InChI is InChI=1S/C24H31ClN2O4S/c1-16-12-17(2)24(18(3)13-16)26-23(28)15-27(19-8-6-5-7-9-19)32(29,30)20-10-11-22(31-4)21(25)14-20/h10-14,19H,5-9,15H2,1-4H3,(H,26,28). The van der Waals surface area contributed by atoms with E-state index in [1.54, 1.807) is 0 Å². The number of methoxy groups -OCH3 is 1. The number of hydrogen-bond donors (Lipinski definition) is 1. The number of amides is 1. The fourth-order valence-electron chi connectivity index (χ4n) is 4.42. The van der Waals surface area contributed by atoms with Crippen molar-refractivity contribution in [1.82, 2.24) is 4.31 Å². The van der Waals surface area contributed by atoms with Gasteiger partial charge < -0.3 is 10.1 Å². The molecule has 1 aliphatic rings. The molecule has 8 heteroatoms. The third-order valence-electron chi connectivity index (χ3n) is 5.95. The van der Waals surface area contributed by atoms with Gasteiger partial charge in [-0.2, -0.15) is 4.31 Å². The molecule has 1 aliphatic carbocycles. The highest BCUT2D eigenvalue weighted by molar-refractivity contribution is 7.89. The van der Waals surface area contributed by atoms with Gasteiger partial charge in [0.05, 0.1) is 23.6 Å². The van der Waals surface area contributed by atoms with E-state index in [0.717, 1.165) is 54.5 Å². The first-order valence-corrected chi connectivity index (χ1v) is 12.7. The fraction of sp³-hybridized carbons (Fsp3) is 0.458. The van der Waals surface area contributed by atoms with Gasteiger partial charge in [0.25, 0.3) is 0 Å². The maximum Gasteiger partial charge on any atom is 0.243 e. The number of rotatable bonds is 7. The number of hydrogen-bond acceptors (Lipinski definition) is 4. The van der Waals surface area contributed by atoms with Gasteiger partial charge in [-0.3, -0.25) is 4.79 Å². The molecule has 1 N–H and O–H groups in total. The number of sulfonamides is 1. The molecule has 1 fully saturated rings. The van der Waals surface area contributed by atoms with Crippen LogP contribution in [0.15, 0.2) is 35.2 Å². The Morgan fingerprint density at radius 1 is 1.09 bits per heavy atom. The van der Waals surface area contributed by atoms with Crippen LogP contribution in [0.5, 0.6) is 5.75 Å². The largest absolute Gasteiger partial charge is 0.495 e. The van der Waals surface area contributed by atoms with Crippen molar-refractivity contribution < 1.29 is 17.9 Å². The maximum absolute atomic E-state index is 13.6. The van der Waals surface area contributed by atoms with Crippen molar-refractivity contribution in [3.63, 3.8) is 0 Å². The summed E-state index contributed by atoms with van der Waals surface area (Å²) in [6.07, 6.45) is 4.43. The molecule has 1 saturated carbocycles. The lowest BCUT2D eigenvalue weighted by atomic mass is 9.95. The van der Waals surface area contributed by atoms with Crippen molar-refractivity contribution in [3.05, 3.63) is 52.0 Å². The minimum Gasteiger partial charge on any atom is -0.495 e. The molecular formula is C24H31ClN2O4S. The molecule has 174 valence electrons. The van der Waals surface area contributed by atoms with E-state index in [9.17, 15) is 13.2 Å². The minimum atomic E-state index is -3.93. The third kappa shape index (κ3) is 5.45. The smallest absolute Gasteiger partial charge is 0.243 e. The second kappa shape index (κ2) is 10.2. The van der Waals surface area contributed by atoms with Gasteiger partial charge in [-0.15, -0.1) is 0 Å². The third-order valence-corrected chi connectivity index (χ3v) is 8.14. The Labute approximate surface area is 196 Å². The zero-order chi connectivity index (χ0) is 23.5. The number of anilines is 1. The molecule has 32 heavy (non-hydrogen) atoms. The van der Waals surface area contributed by atoms with Crippen molar-refractivity contribution in [2.24, 2.45) is 0 Å². The molecule has 0 aromatic heterocycles. The maximum atomic E-state index is 13.6. The predicted octanol–water partition coefficient (Wildman–Crippen LogP) is 5.24. The number of ether oxygens (including phenoxy) is 1. The summed E-state index contributed by atoms with van der Waals surface area (Å²) in [6, 6.07) is 8.17. The molecular weight excluding hydrogens is 448 g/mol. The Bertz CT molecular complexity index is 1070. The van der Waals surface area contributed by atoms with Crippen LogP contribution in [0.2, 0.25) is 5.02 Å². The van der Waals surface area contributed by atoms with Gasteiger partial charge in [0.1, 0.15) is 5.75 Å². The number of halogens is 1. The number of nitrogens with zero attached hydrogens (tertiary/aromatic N) is 1. The summed E-state index contributed by atoms with van der Waals surface area (Å²) >= 11 is 6.20. The fourth-order valence-corrected chi connectivity index (χ4v) is 6.41. The number of benzene rings is 2. The van der Waals surface area contributed by atoms with Crippen LogP contribution in [0.4, 0.5) is 5.69 Å². The molecule has 0 saturated heterocycles. The summed E-state index contributed by atoms with van der Waals surface area (Å²) in [5.74, 6) is 0.0479. The Balaban J connectivity index is 1.91. The monoisotopic (exact) mass is 478 g/mol. The summed E-state index contributed by atoms with van der Waals surface area (Å²) < 4.78 is 33.7. The van der Waals surface area contributed by atoms with Crippen LogP contribution in [0, 0.1) is 20.8 Å². The second-order valence-electron chi connectivity index (χ2n) is 8.46. The van der Waals surface area contributed by atoms with Crippen LogP contribution in [0.3, 0.4) is 0 Å². The Kier molecular flexibility index (Phi) is 7.85. The van der Waals surface area contributed by atoms with Crippen LogP contribution in [-0.2, 0) is 14.8 Å². The lowest BCUT2D eigenvalue weighted by molar-refractivity contribution is -0.116. The highest BCUT2D eigenvalue weighted by Gasteiger charge is 2.34. The van der Waals surface area contributed by atoms with Gasteiger partial charge in [-0.05, 0) is 62.9 Å². The quantitative estimate of drug-likeness (QED) is 0.590. The molecule has 0 radical (unpaired) electrons. The summed E-state index contributed by atoms with van der Waals surface area (Å²) in [6.45, 7) is 5.63. The zero-order valence-corrected chi connectivity index (χ0v) is 20.6. The SMILES string of the molecule is COc1ccc(S(=O)(=O)N(CC(=O)Nc2c(C)cc(C)cc2C)C2CCCCC2)cc1Cl. The number of aryl methyl sites for hydroxylation is 3. The van der Waals surface area contributed by atoms with Gasteiger partial charge in [-0.1, -0.05) is 48.6 Å². The molecule has 3 rings (SSSR count). The summed E-state index contributed by atoms with van der Waals surface area (Å²) in [4.78, 5) is 13.1. The molecule has 0 heterocycles. The van der Waals surface area contributed by atoms with Crippen molar-refractivity contribution in [3.8, 4) is 5.75 Å². The molecule has 2 aromatic carbocycles. The normalized spacial score (nSPS) is 15.1. The van der Waals surface area contributed by atoms with E-state index in [1.807, 2.05) is 32.9 Å². The number of carbonyl (C=O) groups is 1. The van der Waals surface area contributed by atoms with E-state index in [-0.39, 0.29) is 28.4 Å². The minimum absolute atomic E-state index is 0.0596. The Morgan fingerprint density at radius 3 is 2.28 bits per heavy atom. The highest BCUT2D eigenvalue weighted by Crippen LogP contribution is 2.32. The lowest BCUT2D eigenvalue weighted by Gasteiger charge is -2.33. The zero-order valence-electron chi connectivity index (χ0n) is 19.1. The van der Waals surface area contributed by atoms with Crippen LogP contribution in [-0.4, -0.2) is 38.3 Å². The van der Waals surface area contributed by atoms with E-state index in [4.69, 9.17) is 16.3 Å². The molecule has 0 atom stereocenters. The summed E-state index contributed by atoms with van der Waals surface area (Å²) in [7, 11) is -2.45. The van der Waals surface area contributed by atoms with Crippen LogP contribution in [0.25, 0.3) is 0 Å². The van der Waals surface area contributed by atoms with Gasteiger partial charge in [0.15, 0.2) is 0 Å². The molecule has 6 nitrogen and oxygen atoms in total. The Hall–Kier alpha value is -2.09. The van der Waals surface area contributed by atoms with E-state index in [0.29, 0.717) is 5.75 Å². The summed E-state index contributed by atoms with van der Waals surface area (Å²) in [5, 5.41) is 3.15. The first-order chi connectivity index (χ1) is 15.1. The molecule has 0 spiro atoms. The lowest BCUT2D eigenvalue weighted by Crippen LogP contribution is -2.45. The van der Waals surface area contributed by atoms with Crippen molar-refractivity contribution in [2.45, 2.75) is 63.8 Å². The number of nitrogens with one attached hydrogen (secondary N) is 1. The van der Waals surface area contributed by atoms with Crippen molar-refractivity contribution in [2.75, 3.05) is 19.0 Å². The molecule has 0 bridgehead atoms. The Morgan fingerprint density at radius 2 is 1.72 bits per heavy atom. The summed E-state index contributed by atoms with van der Waals surface area (Å²) in [5.41, 5.74) is 3.74. The molecule has 1 amide bonds. The average molecular weight is 479 g/mol. The van der Waals surface area contributed by atoms with Crippen LogP contribution < -0.4 is 10.1 Å². The van der Waals surface area contributed by atoms with E-state index >= 15 is 0 Å². The average Bonchev–Trinajstić information content (AvgIpc) is 2.75. The molecule has 0 unspecified atom stereocenters. The molecule has 2 aromatic rings. The van der Waals surface area contributed by atoms with E-state index in [2.05, 4.69) is 5.32 Å². The van der Waals surface area contributed by atoms with Gasteiger partial charge in [0, 0.05) is 11.7 Å². The van der Waals surface area contributed by atoms with Gasteiger partial charge >= 0.3 is 0 Å². The van der Waals surface area contributed by atoms with Crippen molar-refractivity contribution in [1.29, 1.82) is 0 Å². The van der Waals surface area contributed by atoms with Gasteiger partial charge in [-0.25, -0.2) is 8.42 Å². The first kappa shape index (κ1) is 24.6. The van der Waals surface area contributed by atoms with Crippen LogP contribution in [0.1, 0.15) is 48.8 Å². The van der Waals surface area contributed by atoms with Crippen LogP contribution >= 0.6 is 11.6 Å². The van der Waals surface area contributed by atoms with E-state index < -0.39 is 10.0 Å². The molecule has 0 aliphatic heterocycles. The topological polar surface area (TPSA) is 75.7 Å². The van der Waals surface area contributed by atoms with E-state index in [1.165, 1.54) is 29.6 Å². The second-order valence-corrected chi connectivity index (χ2v) is 10.8. The van der Waals surface area contributed by atoms with Crippen molar-refractivity contribution >= 4 is 33.2 Å². The first-order valence-electron chi connectivity index (χ1n) is 10.9. The number of carbonyl (C=O) groups excluding carboxylic acids is 1. The highest BCUT2D eigenvalue weighted by atomic mass is 35.5.